The first-order valence-electron chi connectivity index (χ1n) is 8.89. The van der Waals surface area contributed by atoms with Crippen LogP contribution in [-0.4, -0.2) is 30.9 Å². The lowest BCUT2D eigenvalue weighted by atomic mass is 10.0. The average molecular weight is 413 g/mol. The highest BCUT2D eigenvalue weighted by atomic mass is 35.5. The van der Waals surface area contributed by atoms with E-state index in [-0.39, 0.29) is 0 Å². The van der Waals surface area contributed by atoms with Crippen LogP contribution in [0.25, 0.3) is 16.8 Å². The number of ether oxygens (including phenoxy) is 1. The average Bonchev–Trinajstić information content (AvgIpc) is 3.03. The van der Waals surface area contributed by atoms with Gasteiger partial charge in [0.2, 0.25) is 0 Å². The summed E-state index contributed by atoms with van der Waals surface area (Å²) >= 11 is 12.4. The Kier molecular flexibility index (Phi) is 5.19. The van der Waals surface area contributed by atoms with Crippen LogP contribution in [0.4, 0.5) is 11.6 Å². The van der Waals surface area contributed by atoms with Crippen molar-refractivity contribution in [2.75, 3.05) is 36.9 Å². The zero-order chi connectivity index (χ0) is 19.7. The number of morpholine rings is 1. The lowest BCUT2D eigenvalue weighted by molar-refractivity contribution is 0.122. The maximum atomic E-state index is 9.91. The van der Waals surface area contributed by atoms with Crippen molar-refractivity contribution < 1.29 is 4.74 Å². The van der Waals surface area contributed by atoms with Gasteiger partial charge in [0.1, 0.15) is 23.3 Å². The highest BCUT2D eigenvalue weighted by molar-refractivity contribution is 6.42. The van der Waals surface area contributed by atoms with Crippen molar-refractivity contribution in [2.45, 2.75) is 0 Å². The van der Waals surface area contributed by atoms with E-state index in [9.17, 15) is 5.26 Å². The van der Waals surface area contributed by atoms with Gasteiger partial charge in [-0.2, -0.15) is 5.26 Å². The van der Waals surface area contributed by atoms with Crippen molar-refractivity contribution in [3.63, 3.8) is 0 Å². The summed E-state index contributed by atoms with van der Waals surface area (Å²) in [7, 11) is 0. The molecule has 2 heterocycles. The molecule has 2 N–H and O–H groups in total. The monoisotopic (exact) mass is 412 g/mol. The van der Waals surface area contributed by atoms with Gasteiger partial charge in [0.15, 0.2) is 0 Å². The Labute approximate surface area is 173 Å². The summed E-state index contributed by atoms with van der Waals surface area (Å²) < 4.78 is 7.41. The molecular weight excluding hydrogens is 395 g/mol. The standard InChI is InChI=1S/C21H18Cl2N4O/c22-17-7-6-15(12-18(17)23)27-20(25)16(13-24)19(14-4-2-1-3-5-14)21(27)26-8-10-28-11-9-26/h1-7,12H,8-11,25H2. The fourth-order valence-electron chi connectivity index (χ4n) is 3.53. The predicted octanol–water partition coefficient (Wildman–Crippen LogP) is 4.74. The van der Waals surface area contributed by atoms with E-state index in [4.69, 9.17) is 33.7 Å². The fraction of sp³-hybridized carbons (Fsp3) is 0.190. The number of hydrogen-bond acceptors (Lipinski definition) is 4. The van der Waals surface area contributed by atoms with E-state index in [1.807, 2.05) is 41.0 Å². The van der Waals surface area contributed by atoms with Crippen molar-refractivity contribution in [2.24, 2.45) is 0 Å². The largest absolute Gasteiger partial charge is 0.384 e. The Bertz CT molecular complexity index is 1050. The quantitative estimate of drug-likeness (QED) is 0.674. The zero-order valence-corrected chi connectivity index (χ0v) is 16.5. The van der Waals surface area contributed by atoms with Gasteiger partial charge in [-0.25, -0.2) is 0 Å². The minimum Gasteiger partial charge on any atom is -0.384 e. The smallest absolute Gasteiger partial charge is 0.128 e. The lowest BCUT2D eigenvalue weighted by Gasteiger charge is -2.31. The van der Waals surface area contributed by atoms with Crippen LogP contribution >= 0.6 is 23.2 Å². The molecule has 1 aromatic heterocycles. The molecule has 142 valence electrons. The molecule has 2 aromatic carbocycles. The second kappa shape index (κ2) is 7.76. The maximum absolute atomic E-state index is 9.91. The normalized spacial score (nSPS) is 14.1. The molecule has 0 aliphatic carbocycles. The molecule has 0 radical (unpaired) electrons. The third-order valence-corrected chi connectivity index (χ3v) is 5.57. The molecule has 4 rings (SSSR count). The molecular formula is C21H18Cl2N4O. The number of nitriles is 1. The van der Waals surface area contributed by atoms with E-state index in [0.29, 0.717) is 47.7 Å². The molecule has 0 unspecified atom stereocenters. The number of benzene rings is 2. The van der Waals surface area contributed by atoms with Gasteiger partial charge in [0.25, 0.3) is 0 Å². The zero-order valence-electron chi connectivity index (χ0n) is 15.0. The Morgan fingerprint density at radius 3 is 2.36 bits per heavy atom. The number of hydrogen-bond donors (Lipinski definition) is 1. The minimum atomic E-state index is 0.376. The van der Waals surface area contributed by atoms with Crippen LogP contribution < -0.4 is 10.6 Å². The van der Waals surface area contributed by atoms with Gasteiger partial charge in [-0.1, -0.05) is 53.5 Å². The molecule has 3 aromatic rings. The number of nitrogens with two attached hydrogens (primary N) is 1. The molecule has 1 aliphatic rings. The van der Waals surface area contributed by atoms with E-state index in [0.717, 1.165) is 22.6 Å². The van der Waals surface area contributed by atoms with E-state index >= 15 is 0 Å². The fourth-order valence-corrected chi connectivity index (χ4v) is 3.82. The highest BCUT2D eigenvalue weighted by Crippen LogP contribution is 2.43. The van der Waals surface area contributed by atoms with Gasteiger partial charge in [-0.05, 0) is 23.8 Å². The van der Waals surface area contributed by atoms with Crippen molar-refractivity contribution in [1.29, 1.82) is 5.26 Å². The van der Waals surface area contributed by atoms with Crippen LogP contribution in [0.3, 0.4) is 0 Å². The number of halogens is 2. The molecule has 0 saturated carbocycles. The Morgan fingerprint density at radius 2 is 1.71 bits per heavy atom. The summed E-state index contributed by atoms with van der Waals surface area (Å²) in [6, 6.07) is 17.5. The molecule has 0 spiro atoms. The van der Waals surface area contributed by atoms with Gasteiger partial charge in [0.05, 0.1) is 28.9 Å². The van der Waals surface area contributed by atoms with Gasteiger partial charge >= 0.3 is 0 Å². The second-order valence-corrected chi connectivity index (χ2v) is 7.28. The number of anilines is 2. The SMILES string of the molecule is N#Cc1c(-c2ccccc2)c(N2CCOCC2)n(-c2ccc(Cl)c(Cl)c2)c1N. The Balaban J connectivity index is 2.03. The predicted molar refractivity (Wildman–Crippen MR) is 113 cm³/mol. The van der Waals surface area contributed by atoms with E-state index in [1.54, 1.807) is 12.1 Å². The van der Waals surface area contributed by atoms with Crippen LogP contribution in [0.5, 0.6) is 0 Å². The first-order valence-corrected chi connectivity index (χ1v) is 9.65. The summed E-state index contributed by atoms with van der Waals surface area (Å²) in [5, 5.41) is 10.8. The summed E-state index contributed by atoms with van der Waals surface area (Å²) in [6.07, 6.45) is 0. The number of nitrogen functional groups attached to an aromatic ring is 1. The molecule has 1 fully saturated rings. The number of aromatic nitrogens is 1. The molecule has 28 heavy (non-hydrogen) atoms. The molecule has 0 bridgehead atoms. The van der Waals surface area contributed by atoms with Crippen LogP contribution in [-0.2, 0) is 4.74 Å². The third kappa shape index (κ3) is 3.20. The Hall–Kier alpha value is -2.65. The van der Waals surface area contributed by atoms with E-state index < -0.39 is 0 Å². The molecule has 7 heteroatoms. The van der Waals surface area contributed by atoms with E-state index in [1.165, 1.54) is 0 Å². The number of rotatable bonds is 3. The third-order valence-electron chi connectivity index (χ3n) is 4.83. The summed E-state index contributed by atoms with van der Waals surface area (Å²) in [5.41, 5.74) is 9.44. The van der Waals surface area contributed by atoms with E-state index in [2.05, 4.69) is 11.0 Å². The second-order valence-electron chi connectivity index (χ2n) is 6.47. The van der Waals surface area contributed by atoms with Crippen LogP contribution in [0, 0.1) is 11.3 Å². The summed E-state index contributed by atoms with van der Waals surface area (Å²) in [4.78, 5) is 2.20. The van der Waals surface area contributed by atoms with Crippen molar-refractivity contribution in [3.05, 3.63) is 64.1 Å². The first kappa shape index (κ1) is 18.7. The molecule has 0 atom stereocenters. The number of nitrogens with zero attached hydrogens (tertiary/aromatic N) is 3. The van der Waals surface area contributed by atoms with Gasteiger partial charge in [-0.3, -0.25) is 4.57 Å². The maximum Gasteiger partial charge on any atom is 0.128 e. The molecule has 0 amide bonds. The minimum absolute atomic E-state index is 0.376. The van der Waals surface area contributed by atoms with Crippen LogP contribution in [0.2, 0.25) is 10.0 Å². The van der Waals surface area contributed by atoms with Crippen LogP contribution in [0.15, 0.2) is 48.5 Å². The molecule has 5 nitrogen and oxygen atoms in total. The van der Waals surface area contributed by atoms with Gasteiger partial charge in [0, 0.05) is 18.7 Å². The van der Waals surface area contributed by atoms with Crippen molar-refractivity contribution in [3.8, 4) is 22.9 Å². The van der Waals surface area contributed by atoms with Gasteiger partial charge in [-0.15, -0.1) is 0 Å². The van der Waals surface area contributed by atoms with Crippen molar-refractivity contribution >= 4 is 34.8 Å². The van der Waals surface area contributed by atoms with Gasteiger partial charge < -0.3 is 15.4 Å². The topological polar surface area (TPSA) is 67.2 Å². The molecule has 1 aliphatic heterocycles. The van der Waals surface area contributed by atoms with Crippen LogP contribution in [0.1, 0.15) is 5.56 Å². The summed E-state index contributed by atoms with van der Waals surface area (Å²) in [5.74, 6) is 1.24. The van der Waals surface area contributed by atoms with Crippen molar-refractivity contribution in [1.82, 2.24) is 4.57 Å². The molecule has 1 saturated heterocycles. The first-order chi connectivity index (χ1) is 13.6. The lowest BCUT2D eigenvalue weighted by Crippen LogP contribution is -2.37. The Morgan fingerprint density at radius 1 is 1.00 bits per heavy atom. The summed E-state index contributed by atoms with van der Waals surface area (Å²) in [6.45, 7) is 2.64. The highest BCUT2D eigenvalue weighted by Gasteiger charge is 2.28.